The second-order valence-electron chi connectivity index (χ2n) is 7.54. The quantitative estimate of drug-likeness (QED) is 0.562. The van der Waals surface area contributed by atoms with Crippen LogP contribution < -0.4 is 5.32 Å². The number of halogens is 1. The summed E-state index contributed by atoms with van der Waals surface area (Å²) in [5, 5.41) is 5.48. The zero-order chi connectivity index (χ0) is 21.8. The molecule has 4 rings (SSSR count). The molecule has 0 aliphatic carbocycles. The Morgan fingerprint density at radius 3 is 2.55 bits per heavy atom. The molecule has 162 valence electrons. The predicted octanol–water partition coefficient (Wildman–Crippen LogP) is 4.71. The van der Waals surface area contributed by atoms with Gasteiger partial charge in [0.15, 0.2) is 0 Å². The van der Waals surface area contributed by atoms with Gasteiger partial charge >= 0.3 is 0 Å². The second-order valence-corrected chi connectivity index (χ2v) is 11.1. The smallest absolute Gasteiger partial charge is 0.252 e. The molecule has 5 nitrogen and oxygen atoms in total. The summed E-state index contributed by atoms with van der Waals surface area (Å²) in [4.78, 5) is 13.2. The molecule has 1 aromatic heterocycles. The molecule has 1 aliphatic heterocycles. The van der Waals surface area contributed by atoms with Crippen molar-refractivity contribution in [1.82, 2.24) is 9.62 Å². The van der Waals surface area contributed by atoms with Crippen molar-refractivity contribution in [3.8, 4) is 0 Å². The summed E-state index contributed by atoms with van der Waals surface area (Å²) in [5.41, 5.74) is 1.82. The number of hydrogen-bond acceptors (Lipinski definition) is 4. The number of hydrogen-bond donors (Lipinski definition) is 1. The molecule has 0 saturated carbocycles. The maximum Gasteiger partial charge on any atom is 0.252 e. The fourth-order valence-corrected chi connectivity index (χ4v) is 6.73. The van der Waals surface area contributed by atoms with E-state index in [9.17, 15) is 13.2 Å². The van der Waals surface area contributed by atoms with Crippen LogP contribution in [-0.2, 0) is 14.8 Å². The summed E-state index contributed by atoms with van der Waals surface area (Å²) >= 11 is 7.39. The number of nitrogens with one attached hydrogen (secondary N) is 1. The van der Waals surface area contributed by atoms with Crippen molar-refractivity contribution in [3.63, 3.8) is 0 Å². The van der Waals surface area contributed by atoms with Gasteiger partial charge in [-0.2, -0.15) is 4.31 Å². The van der Waals surface area contributed by atoms with Crippen LogP contribution in [0.4, 0.5) is 0 Å². The number of carbonyl (C=O) groups excluding carboxylic acids is 1. The van der Waals surface area contributed by atoms with Crippen molar-refractivity contribution in [3.05, 3.63) is 88.3 Å². The lowest BCUT2D eigenvalue weighted by atomic mass is 9.95. The third-order valence-electron chi connectivity index (χ3n) is 5.45. The summed E-state index contributed by atoms with van der Waals surface area (Å²) in [6.45, 7) is 0.615. The first kappa shape index (κ1) is 22.0. The number of benzene rings is 2. The minimum atomic E-state index is -3.57. The van der Waals surface area contributed by atoms with Gasteiger partial charge in [0.25, 0.3) is 10.0 Å². The normalized spacial score (nSPS) is 18.4. The number of sulfonamides is 1. The van der Waals surface area contributed by atoms with Gasteiger partial charge in [0, 0.05) is 18.1 Å². The van der Waals surface area contributed by atoms with E-state index in [0.717, 1.165) is 11.1 Å². The highest BCUT2D eigenvalue weighted by Crippen LogP contribution is 2.29. The van der Waals surface area contributed by atoms with Crippen LogP contribution in [0.15, 0.2) is 76.3 Å². The molecule has 3 aromatic rings. The van der Waals surface area contributed by atoms with Gasteiger partial charge in [0.1, 0.15) is 4.21 Å². The van der Waals surface area contributed by atoms with E-state index in [1.54, 1.807) is 23.6 Å². The monoisotopic (exact) mass is 474 g/mol. The molecule has 1 amide bonds. The number of carbonyl (C=O) groups is 1. The van der Waals surface area contributed by atoms with Gasteiger partial charge in [-0.25, -0.2) is 8.42 Å². The van der Waals surface area contributed by atoms with Crippen LogP contribution in [0.3, 0.4) is 0 Å². The molecule has 8 heteroatoms. The maximum atomic E-state index is 13.2. The van der Waals surface area contributed by atoms with Crippen LogP contribution in [0.5, 0.6) is 0 Å². The van der Waals surface area contributed by atoms with Crippen LogP contribution in [0.25, 0.3) is 0 Å². The van der Waals surface area contributed by atoms with Crippen LogP contribution in [-0.4, -0.2) is 31.7 Å². The summed E-state index contributed by atoms with van der Waals surface area (Å²) in [7, 11) is -3.57. The Kier molecular flexibility index (Phi) is 6.77. The van der Waals surface area contributed by atoms with E-state index in [2.05, 4.69) is 5.32 Å². The topological polar surface area (TPSA) is 66.5 Å². The third-order valence-corrected chi connectivity index (χ3v) is 8.92. The maximum absolute atomic E-state index is 13.2. The molecule has 2 heterocycles. The number of amides is 1. The van der Waals surface area contributed by atoms with E-state index in [0.29, 0.717) is 28.6 Å². The Labute approximate surface area is 191 Å². The third kappa shape index (κ3) is 5.01. The number of rotatable bonds is 6. The molecule has 1 N–H and O–H groups in total. The molecule has 2 atom stereocenters. The van der Waals surface area contributed by atoms with Crippen LogP contribution >= 0.6 is 22.9 Å². The Bertz CT molecular complexity index is 1130. The van der Waals surface area contributed by atoms with E-state index in [4.69, 9.17) is 11.6 Å². The molecule has 0 bridgehead atoms. The van der Waals surface area contributed by atoms with Gasteiger partial charge in [-0.15, -0.1) is 11.3 Å². The highest BCUT2D eigenvalue weighted by atomic mass is 35.5. The Morgan fingerprint density at radius 2 is 1.84 bits per heavy atom. The minimum Gasteiger partial charge on any atom is -0.345 e. The summed E-state index contributed by atoms with van der Waals surface area (Å²) in [6, 6.07) is 20.1. The van der Waals surface area contributed by atoms with Gasteiger partial charge in [-0.05, 0) is 47.5 Å². The van der Waals surface area contributed by atoms with Gasteiger partial charge in [-0.1, -0.05) is 60.1 Å². The van der Waals surface area contributed by atoms with Crippen molar-refractivity contribution in [2.45, 2.75) is 23.1 Å². The first-order valence-electron chi connectivity index (χ1n) is 10.1. The molecule has 1 fully saturated rings. The fraction of sp³-hybridized carbons (Fsp3) is 0.261. The van der Waals surface area contributed by atoms with Gasteiger partial charge < -0.3 is 5.32 Å². The van der Waals surface area contributed by atoms with Crippen molar-refractivity contribution in [2.75, 3.05) is 13.1 Å². The summed E-state index contributed by atoms with van der Waals surface area (Å²) < 4.78 is 27.6. The highest BCUT2D eigenvalue weighted by molar-refractivity contribution is 7.91. The SMILES string of the molecule is O=C(NC(c1ccccc1)c1cccc(Cl)c1)C1CCCN(S(=O)(=O)c2cccs2)C1. The molecule has 2 aromatic carbocycles. The highest BCUT2D eigenvalue weighted by Gasteiger charge is 2.34. The van der Waals surface area contributed by atoms with E-state index in [-0.39, 0.29) is 18.5 Å². The van der Waals surface area contributed by atoms with Crippen molar-refractivity contribution >= 4 is 38.9 Å². The number of piperidine rings is 1. The molecule has 2 unspecified atom stereocenters. The largest absolute Gasteiger partial charge is 0.345 e. The molecule has 0 radical (unpaired) electrons. The number of nitrogens with zero attached hydrogens (tertiary/aromatic N) is 1. The average molecular weight is 475 g/mol. The van der Waals surface area contributed by atoms with E-state index in [1.807, 2.05) is 48.5 Å². The zero-order valence-corrected chi connectivity index (χ0v) is 19.2. The van der Waals surface area contributed by atoms with E-state index in [1.165, 1.54) is 15.6 Å². The lowest BCUT2D eigenvalue weighted by molar-refractivity contribution is -0.126. The van der Waals surface area contributed by atoms with Gasteiger partial charge in [0.2, 0.25) is 5.91 Å². The standard InChI is InChI=1S/C23H23ClN2O3S2/c24-20-11-4-9-18(15-20)22(17-7-2-1-3-8-17)25-23(27)19-10-5-13-26(16-19)31(28,29)21-12-6-14-30-21/h1-4,6-9,11-12,14-15,19,22H,5,10,13,16H2,(H,25,27). The number of thiophene rings is 1. The molecule has 1 saturated heterocycles. The fourth-order valence-electron chi connectivity index (χ4n) is 3.86. The predicted molar refractivity (Wildman–Crippen MR) is 124 cm³/mol. The van der Waals surface area contributed by atoms with Gasteiger partial charge in [0.05, 0.1) is 12.0 Å². The van der Waals surface area contributed by atoms with Crippen LogP contribution in [0.1, 0.15) is 30.0 Å². The van der Waals surface area contributed by atoms with Crippen molar-refractivity contribution in [2.24, 2.45) is 5.92 Å². The second kappa shape index (κ2) is 9.53. The minimum absolute atomic E-state index is 0.153. The first-order chi connectivity index (χ1) is 14.9. The lowest BCUT2D eigenvalue weighted by Crippen LogP contribution is -2.46. The van der Waals surface area contributed by atoms with Gasteiger partial charge in [-0.3, -0.25) is 4.79 Å². The lowest BCUT2D eigenvalue weighted by Gasteiger charge is -2.32. The van der Waals surface area contributed by atoms with Crippen molar-refractivity contribution < 1.29 is 13.2 Å². The Balaban J connectivity index is 1.55. The summed E-state index contributed by atoms with van der Waals surface area (Å²) in [6.07, 6.45) is 1.30. The molecular formula is C23H23ClN2O3S2. The molecule has 1 aliphatic rings. The molecule has 0 spiro atoms. The van der Waals surface area contributed by atoms with E-state index < -0.39 is 15.9 Å². The molecule has 31 heavy (non-hydrogen) atoms. The van der Waals surface area contributed by atoms with Crippen LogP contribution in [0.2, 0.25) is 5.02 Å². The van der Waals surface area contributed by atoms with Crippen molar-refractivity contribution in [1.29, 1.82) is 0 Å². The Morgan fingerprint density at radius 1 is 1.06 bits per heavy atom. The zero-order valence-electron chi connectivity index (χ0n) is 16.8. The first-order valence-corrected chi connectivity index (χ1v) is 12.8. The van der Waals surface area contributed by atoms with Crippen LogP contribution in [0, 0.1) is 5.92 Å². The Hall–Kier alpha value is -2.19. The molecular weight excluding hydrogens is 452 g/mol. The average Bonchev–Trinajstić information content (AvgIpc) is 3.34. The summed E-state index contributed by atoms with van der Waals surface area (Å²) in [5.74, 6) is -0.561. The van der Waals surface area contributed by atoms with E-state index >= 15 is 0 Å².